The van der Waals surface area contributed by atoms with E-state index in [1.54, 1.807) is 36.4 Å². The summed E-state index contributed by atoms with van der Waals surface area (Å²) >= 11 is 5.89. The number of esters is 1. The number of para-hydroxylation sites is 2. The second-order valence-electron chi connectivity index (χ2n) is 6.01. The fourth-order valence-electron chi connectivity index (χ4n) is 2.63. The number of rotatable bonds is 6. The van der Waals surface area contributed by atoms with Crippen LogP contribution in [0.5, 0.6) is 5.75 Å². The Hall–Kier alpha value is -3.13. The van der Waals surface area contributed by atoms with Crippen molar-refractivity contribution in [2.45, 2.75) is 19.4 Å². The molecule has 1 aliphatic rings. The average molecular weight is 404 g/mol. The van der Waals surface area contributed by atoms with E-state index >= 15 is 0 Å². The van der Waals surface area contributed by atoms with Gasteiger partial charge in [-0.3, -0.25) is 14.4 Å². The van der Waals surface area contributed by atoms with Crippen molar-refractivity contribution in [3.05, 3.63) is 47.7 Å². The first-order valence-electron chi connectivity index (χ1n) is 8.59. The maximum Gasteiger partial charge on any atom is 0.308 e. The van der Waals surface area contributed by atoms with E-state index in [2.05, 4.69) is 10.3 Å². The van der Waals surface area contributed by atoms with Crippen LogP contribution in [-0.4, -0.2) is 42.0 Å². The standard InChI is InChI=1S/C19H18ClN3O5/c1-12(19(26)22-13-5-4-9-21-18(13)20)28-17(25)8-10-23-14-6-2-3-7-15(14)27-11-16(23)24/h2-7,9,12H,8,10-11H2,1H3,(H,22,26)/t12-/m0/s1. The van der Waals surface area contributed by atoms with E-state index < -0.39 is 18.0 Å². The van der Waals surface area contributed by atoms with Crippen molar-refractivity contribution in [3.63, 3.8) is 0 Å². The lowest BCUT2D eigenvalue weighted by Gasteiger charge is -2.29. The number of ether oxygens (including phenoxy) is 2. The van der Waals surface area contributed by atoms with Crippen molar-refractivity contribution in [2.75, 3.05) is 23.4 Å². The molecule has 1 N–H and O–H groups in total. The Bertz CT molecular complexity index is 905. The molecule has 0 spiro atoms. The minimum atomic E-state index is -1.03. The van der Waals surface area contributed by atoms with Crippen LogP contribution >= 0.6 is 11.6 Å². The van der Waals surface area contributed by atoms with Crippen LogP contribution in [-0.2, 0) is 19.1 Å². The Labute approximate surface area is 166 Å². The molecule has 0 fully saturated rings. The zero-order valence-electron chi connectivity index (χ0n) is 15.1. The van der Waals surface area contributed by atoms with Gasteiger partial charge in [0.25, 0.3) is 11.8 Å². The molecule has 1 aliphatic heterocycles. The molecule has 28 heavy (non-hydrogen) atoms. The topological polar surface area (TPSA) is 97.8 Å². The summed E-state index contributed by atoms with van der Waals surface area (Å²) in [5, 5.41) is 2.69. The number of fused-ring (bicyclic) bond motifs is 1. The molecular formula is C19H18ClN3O5. The predicted molar refractivity (Wildman–Crippen MR) is 102 cm³/mol. The normalized spacial score (nSPS) is 13.9. The zero-order chi connectivity index (χ0) is 20.1. The van der Waals surface area contributed by atoms with Crippen molar-refractivity contribution in [2.24, 2.45) is 0 Å². The number of carbonyl (C=O) groups is 3. The highest BCUT2D eigenvalue weighted by molar-refractivity contribution is 6.32. The molecular weight excluding hydrogens is 386 g/mol. The molecule has 9 heteroatoms. The number of pyridine rings is 1. The molecule has 2 aromatic rings. The summed E-state index contributed by atoms with van der Waals surface area (Å²) in [7, 11) is 0. The predicted octanol–water partition coefficient (Wildman–Crippen LogP) is 2.42. The van der Waals surface area contributed by atoms with Crippen LogP contribution < -0.4 is 15.0 Å². The van der Waals surface area contributed by atoms with Crippen molar-refractivity contribution in [1.29, 1.82) is 0 Å². The first-order valence-corrected chi connectivity index (χ1v) is 8.96. The number of aromatic nitrogens is 1. The largest absolute Gasteiger partial charge is 0.482 e. The summed E-state index contributed by atoms with van der Waals surface area (Å²) in [6, 6.07) is 10.3. The van der Waals surface area contributed by atoms with Gasteiger partial charge in [-0.1, -0.05) is 23.7 Å². The van der Waals surface area contributed by atoms with Gasteiger partial charge in [0.15, 0.2) is 17.9 Å². The van der Waals surface area contributed by atoms with E-state index in [9.17, 15) is 14.4 Å². The Morgan fingerprint density at radius 1 is 1.32 bits per heavy atom. The second-order valence-corrected chi connectivity index (χ2v) is 6.37. The van der Waals surface area contributed by atoms with Gasteiger partial charge in [-0.05, 0) is 31.2 Å². The molecule has 2 heterocycles. The number of amides is 2. The number of benzene rings is 1. The molecule has 0 saturated heterocycles. The third-order valence-electron chi connectivity index (χ3n) is 4.04. The molecule has 1 aromatic carbocycles. The summed E-state index contributed by atoms with van der Waals surface area (Å²) in [6.07, 6.45) is 0.397. The van der Waals surface area contributed by atoms with Crippen molar-refractivity contribution in [3.8, 4) is 5.75 Å². The molecule has 8 nitrogen and oxygen atoms in total. The summed E-state index contributed by atoms with van der Waals surface area (Å²) < 4.78 is 10.5. The van der Waals surface area contributed by atoms with Gasteiger partial charge in [-0.15, -0.1) is 0 Å². The van der Waals surface area contributed by atoms with Gasteiger partial charge < -0.3 is 19.7 Å². The maximum atomic E-state index is 12.2. The molecule has 0 bridgehead atoms. The van der Waals surface area contributed by atoms with Crippen LogP contribution in [0.4, 0.5) is 11.4 Å². The number of carbonyl (C=O) groups excluding carboxylic acids is 3. The van der Waals surface area contributed by atoms with E-state index in [1.807, 2.05) is 0 Å². The Morgan fingerprint density at radius 3 is 2.89 bits per heavy atom. The van der Waals surface area contributed by atoms with E-state index in [0.717, 1.165) is 0 Å². The highest BCUT2D eigenvalue weighted by atomic mass is 35.5. The number of nitrogens with zero attached hydrogens (tertiary/aromatic N) is 2. The fraction of sp³-hybridized carbons (Fsp3) is 0.263. The lowest BCUT2D eigenvalue weighted by Crippen LogP contribution is -2.40. The number of halogens is 1. The van der Waals surface area contributed by atoms with Crippen molar-refractivity contribution >= 4 is 40.8 Å². The molecule has 0 aliphatic carbocycles. The van der Waals surface area contributed by atoms with Crippen LogP contribution in [0.25, 0.3) is 0 Å². The summed E-state index contributed by atoms with van der Waals surface area (Å²) in [6.45, 7) is 1.49. The van der Waals surface area contributed by atoms with Gasteiger partial charge in [0, 0.05) is 12.7 Å². The molecule has 1 atom stereocenters. The van der Waals surface area contributed by atoms with Crippen LogP contribution in [0.1, 0.15) is 13.3 Å². The van der Waals surface area contributed by atoms with E-state index in [-0.39, 0.29) is 30.6 Å². The number of nitrogens with one attached hydrogen (secondary N) is 1. The van der Waals surface area contributed by atoms with Gasteiger partial charge >= 0.3 is 5.97 Å². The van der Waals surface area contributed by atoms with Crippen LogP contribution in [0.15, 0.2) is 42.6 Å². The molecule has 0 radical (unpaired) electrons. The first-order chi connectivity index (χ1) is 13.5. The monoisotopic (exact) mass is 403 g/mol. The minimum Gasteiger partial charge on any atom is -0.482 e. The second kappa shape index (κ2) is 8.71. The highest BCUT2D eigenvalue weighted by Gasteiger charge is 2.26. The molecule has 2 amide bonds. The molecule has 3 rings (SSSR count). The summed E-state index contributed by atoms with van der Waals surface area (Å²) in [5.74, 6) is -0.798. The van der Waals surface area contributed by atoms with Gasteiger partial charge in [0.05, 0.1) is 17.8 Å². The highest BCUT2D eigenvalue weighted by Crippen LogP contribution is 2.31. The third kappa shape index (κ3) is 4.58. The van der Waals surface area contributed by atoms with Crippen LogP contribution in [0, 0.1) is 0 Å². The quantitative estimate of drug-likeness (QED) is 0.587. The Kier molecular flexibility index (Phi) is 6.10. The maximum absolute atomic E-state index is 12.2. The summed E-state index contributed by atoms with van der Waals surface area (Å²) in [4.78, 5) is 41.7. The summed E-state index contributed by atoms with van der Waals surface area (Å²) in [5.41, 5.74) is 0.927. The lowest BCUT2D eigenvalue weighted by molar-refractivity contribution is -0.153. The van der Waals surface area contributed by atoms with E-state index in [0.29, 0.717) is 17.1 Å². The molecule has 146 valence electrons. The smallest absolute Gasteiger partial charge is 0.308 e. The zero-order valence-corrected chi connectivity index (χ0v) is 15.8. The van der Waals surface area contributed by atoms with Crippen LogP contribution in [0.3, 0.4) is 0 Å². The van der Waals surface area contributed by atoms with Gasteiger partial charge in [0.2, 0.25) is 0 Å². The molecule has 0 saturated carbocycles. The SMILES string of the molecule is C[C@H](OC(=O)CCN1C(=O)COc2ccccc21)C(=O)Nc1cccnc1Cl. The molecule has 0 unspecified atom stereocenters. The van der Waals surface area contributed by atoms with Gasteiger partial charge in [-0.2, -0.15) is 0 Å². The van der Waals surface area contributed by atoms with Crippen LogP contribution in [0.2, 0.25) is 5.15 Å². The Balaban J connectivity index is 1.53. The fourth-order valence-corrected chi connectivity index (χ4v) is 2.79. The average Bonchev–Trinajstić information content (AvgIpc) is 2.69. The lowest BCUT2D eigenvalue weighted by atomic mass is 10.2. The van der Waals surface area contributed by atoms with Crippen molar-refractivity contribution < 1.29 is 23.9 Å². The first kappa shape index (κ1) is 19.6. The van der Waals surface area contributed by atoms with E-state index in [4.69, 9.17) is 21.1 Å². The Morgan fingerprint density at radius 2 is 2.11 bits per heavy atom. The minimum absolute atomic E-state index is 0.0641. The molecule has 1 aromatic heterocycles. The number of anilines is 2. The number of hydrogen-bond donors (Lipinski definition) is 1. The van der Waals surface area contributed by atoms with Crippen molar-refractivity contribution in [1.82, 2.24) is 4.98 Å². The number of hydrogen-bond acceptors (Lipinski definition) is 6. The van der Waals surface area contributed by atoms with Gasteiger partial charge in [0.1, 0.15) is 5.75 Å². The third-order valence-corrected chi connectivity index (χ3v) is 4.34. The van der Waals surface area contributed by atoms with E-state index in [1.165, 1.54) is 18.0 Å². The van der Waals surface area contributed by atoms with Gasteiger partial charge in [-0.25, -0.2) is 4.98 Å².